The van der Waals surface area contributed by atoms with Crippen LogP contribution in [-0.2, 0) is 0 Å². The molecule has 5 heteroatoms. The van der Waals surface area contributed by atoms with Gasteiger partial charge in [0.05, 0.1) is 16.6 Å². The molecule has 20 heavy (non-hydrogen) atoms. The summed E-state index contributed by atoms with van der Waals surface area (Å²) in [6.45, 7) is 0. The SMILES string of the molecule is O=C(O)c1ccc(-c2nc3ccccc3[nH]c2=O)cc1. The Bertz CT molecular complexity index is 851. The molecular formula is C15H10N2O3. The van der Waals surface area contributed by atoms with Crippen molar-refractivity contribution in [3.63, 3.8) is 0 Å². The first-order valence-electron chi connectivity index (χ1n) is 5.98. The maximum atomic E-state index is 12.0. The minimum Gasteiger partial charge on any atom is -0.478 e. The highest BCUT2D eigenvalue weighted by Gasteiger charge is 2.08. The first kappa shape index (κ1) is 12.1. The quantitative estimate of drug-likeness (QED) is 0.745. The van der Waals surface area contributed by atoms with Crippen LogP contribution in [0, 0.1) is 0 Å². The number of aromatic carboxylic acids is 1. The van der Waals surface area contributed by atoms with Gasteiger partial charge in [-0.2, -0.15) is 0 Å². The molecule has 0 fully saturated rings. The molecule has 5 nitrogen and oxygen atoms in total. The standard InChI is InChI=1S/C15H10N2O3/c18-14-13(9-5-7-10(8-6-9)15(19)20)16-11-3-1-2-4-12(11)17-14/h1-8H,(H,17,18)(H,19,20). The number of rotatable bonds is 2. The van der Waals surface area contributed by atoms with Gasteiger partial charge in [-0.3, -0.25) is 4.79 Å². The molecule has 0 unspecified atom stereocenters. The Balaban J connectivity index is 2.16. The third kappa shape index (κ3) is 2.05. The number of para-hydroxylation sites is 2. The fourth-order valence-electron chi connectivity index (χ4n) is 2.00. The van der Waals surface area contributed by atoms with E-state index in [0.717, 1.165) is 0 Å². The van der Waals surface area contributed by atoms with Gasteiger partial charge in [0.2, 0.25) is 0 Å². The van der Waals surface area contributed by atoms with Crippen molar-refractivity contribution in [3.8, 4) is 11.3 Å². The summed E-state index contributed by atoms with van der Waals surface area (Å²) in [4.78, 5) is 29.9. The van der Waals surface area contributed by atoms with Crippen molar-refractivity contribution in [2.75, 3.05) is 0 Å². The maximum Gasteiger partial charge on any atom is 0.335 e. The van der Waals surface area contributed by atoms with Gasteiger partial charge in [-0.15, -0.1) is 0 Å². The van der Waals surface area contributed by atoms with E-state index in [9.17, 15) is 9.59 Å². The Morgan fingerprint density at radius 1 is 1.05 bits per heavy atom. The van der Waals surface area contributed by atoms with E-state index in [0.29, 0.717) is 16.6 Å². The van der Waals surface area contributed by atoms with Crippen LogP contribution in [0.15, 0.2) is 53.3 Å². The molecule has 0 radical (unpaired) electrons. The second-order valence-corrected chi connectivity index (χ2v) is 4.31. The summed E-state index contributed by atoms with van der Waals surface area (Å²) in [6.07, 6.45) is 0. The molecule has 1 heterocycles. The predicted molar refractivity (Wildman–Crippen MR) is 74.8 cm³/mol. The van der Waals surface area contributed by atoms with Crippen molar-refractivity contribution in [2.45, 2.75) is 0 Å². The molecule has 0 aliphatic rings. The van der Waals surface area contributed by atoms with Crippen LogP contribution in [0.25, 0.3) is 22.3 Å². The predicted octanol–water partition coefficient (Wildman–Crippen LogP) is 2.29. The molecule has 2 N–H and O–H groups in total. The molecule has 3 rings (SSSR count). The minimum absolute atomic E-state index is 0.172. The first-order valence-corrected chi connectivity index (χ1v) is 5.98. The molecule has 0 atom stereocenters. The molecular weight excluding hydrogens is 256 g/mol. The zero-order valence-electron chi connectivity index (χ0n) is 10.3. The third-order valence-electron chi connectivity index (χ3n) is 3.00. The molecule has 0 saturated carbocycles. The number of carboxylic acid groups (broad SMARTS) is 1. The average molecular weight is 266 g/mol. The Hall–Kier alpha value is -2.95. The molecule has 0 saturated heterocycles. The average Bonchev–Trinajstić information content (AvgIpc) is 2.46. The smallest absolute Gasteiger partial charge is 0.335 e. The summed E-state index contributed by atoms with van der Waals surface area (Å²) in [5.41, 5.74) is 2.09. The number of H-pyrrole nitrogens is 1. The molecule has 0 bridgehead atoms. The lowest BCUT2D eigenvalue weighted by Crippen LogP contribution is -2.11. The number of benzene rings is 2. The Morgan fingerprint density at radius 2 is 1.75 bits per heavy atom. The third-order valence-corrected chi connectivity index (χ3v) is 3.00. The zero-order valence-corrected chi connectivity index (χ0v) is 10.3. The number of aromatic amines is 1. The van der Waals surface area contributed by atoms with Gasteiger partial charge in [0.1, 0.15) is 5.69 Å². The van der Waals surface area contributed by atoms with E-state index >= 15 is 0 Å². The van der Waals surface area contributed by atoms with Gasteiger partial charge >= 0.3 is 5.97 Å². The van der Waals surface area contributed by atoms with Gasteiger partial charge in [0.25, 0.3) is 5.56 Å². The van der Waals surface area contributed by atoms with E-state index in [2.05, 4.69) is 9.97 Å². The van der Waals surface area contributed by atoms with Crippen LogP contribution in [0.1, 0.15) is 10.4 Å². The van der Waals surface area contributed by atoms with Crippen LogP contribution in [0.4, 0.5) is 0 Å². The van der Waals surface area contributed by atoms with Crippen LogP contribution < -0.4 is 5.56 Å². The van der Waals surface area contributed by atoms with E-state index < -0.39 is 5.97 Å². The highest BCUT2D eigenvalue weighted by molar-refractivity contribution is 5.88. The maximum absolute atomic E-state index is 12.0. The monoisotopic (exact) mass is 266 g/mol. The fraction of sp³-hybridized carbons (Fsp3) is 0. The summed E-state index contributed by atoms with van der Waals surface area (Å²) in [5, 5.41) is 8.86. The second-order valence-electron chi connectivity index (χ2n) is 4.31. The van der Waals surface area contributed by atoms with Gasteiger partial charge in [0, 0.05) is 5.56 Å². The molecule has 1 aromatic heterocycles. The number of nitrogens with one attached hydrogen (secondary N) is 1. The van der Waals surface area contributed by atoms with Crippen molar-refractivity contribution in [1.82, 2.24) is 9.97 Å². The second kappa shape index (κ2) is 4.62. The van der Waals surface area contributed by atoms with E-state index in [1.165, 1.54) is 12.1 Å². The van der Waals surface area contributed by atoms with Gasteiger partial charge in [-0.25, -0.2) is 9.78 Å². The summed E-state index contributed by atoms with van der Waals surface area (Å²) in [6, 6.07) is 13.3. The summed E-state index contributed by atoms with van der Waals surface area (Å²) in [7, 11) is 0. The molecule has 0 amide bonds. The Morgan fingerprint density at radius 3 is 2.45 bits per heavy atom. The van der Waals surface area contributed by atoms with Crippen LogP contribution in [-0.4, -0.2) is 21.0 Å². The minimum atomic E-state index is -1.00. The summed E-state index contributed by atoms with van der Waals surface area (Å²) >= 11 is 0. The van der Waals surface area contributed by atoms with Crippen LogP contribution in [0.3, 0.4) is 0 Å². The molecule has 98 valence electrons. The van der Waals surface area contributed by atoms with E-state index in [4.69, 9.17) is 5.11 Å². The van der Waals surface area contributed by atoms with Crippen molar-refractivity contribution in [3.05, 3.63) is 64.4 Å². The number of carbonyl (C=O) groups is 1. The molecule has 2 aromatic carbocycles. The fourth-order valence-corrected chi connectivity index (χ4v) is 2.00. The number of nitrogens with zero attached hydrogens (tertiary/aromatic N) is 1. The van der Waals surface area contributed by atoms with E-state index in [-0.39, 0.29) is 16.8 Å². The molecule has 0 aliphatic heterocycles. The lowest BCUT2D eigenvalue weighted by atomic mass is 10.1. The normalized spacial score (nSPS) is 10.6. The Labute approximate surface area is 113 Å². The number of hydrogen-bond donors (Lipinski definition) is 2. The molecule has 0 spiro atoms. The molecule has 3 aromatic rings. The van der Waals surface area contributed by atoms with Crippen LogP contribution >= 0.6 is 0 Å². The van der Waals surface area contributed by atoms with Gasteiger partial charge < -0.3 is 10.1 Å². The molecule has 0 aliphatic carbocycles. The van der Waals surface area contributed by atoms with Crippen molar-refractivity contribution in [2.24, 2.45) is 0 Å². The van der Waals surface area contributed by atoms with Crippen molar-refractivity contribution >= 4 is 17.0 Å². The largest absolute Gasteiger partial charge is 0.478 e. The number of carboxylic acids is 1. The Kier molecular flexibility index (Phi) is 2.80. The van der Waals surface area contributed by atoms with Crippen molar-refractivity contribution < 1.29 is 9.90 Å². The number of fused-ring (bicyclic) bond motifs is 1. The van der Waals surface area contributed by atoms with Crippen LogP contribution in [0.2, 0.25) is 0 Å². The van der Waals surface area contributed by atoms with Gasteiger partial charge in [0.15, 0.2) is 0 Å². The lowest BCUT2D eigenvalue weighted by Gasteiger charge is -2.03. The van der Waals surface area contributed by atoms with Gasteiger partial charge in [-0.05, 0) is 24.3 Å². The zero-order chi connectivity index (χ0) is 14.1. The highest BCUT2D eigenvalue weighted by atomic mass is 16.4. The van der Waals surface area contributed by atoms with Crippen molar-refractivity contribution in [1.29, 1.82) is 0 Å². The summed E-state index contributed by atoms with van der Waals surface area (Å²) < 4.78 is 0. The van der Waals surface area contributed by atoms with Crippen LogP contribution in [0.5, 0.6) is 0 Å². The van der Waals surface area contributed by atoms with E-state index in [1.54, 1.807) is 24.3 Å². The number of hydrogen-bond acceptors (Lipinski definition) is 3. The highest BCUT2D eigenvalue weighted by Crippen LogP contribution is 2.16. The number of aromatic nitrogens is 2. The van der Waals surface area contributed by atoms with E-state index in [1.807, 2.05) is 12.1 Å². The first-order chi connectivity index (χ1) is 9.65. The summed E-state index contributed by atoms with van der Waals surface area (Å²) in [5.74, 6) is -1.00. The topological polar surface area (TPSA) is 83.0 Å². The lowest BCUT2D eigenvalue weighted by molar-refractivity contribution is 0.0697. The van der Waals surface area contributed by atoms with Gasteiger partial charge in [-0.1, -0.05) is 24.3 Å².